The fraction of sp³-hybridized carbons (Fsp3) is 0. The van der Waals surface area contributed by atoms with Crippen molar-refractivity contribution in [3.05, 3.63) is 200 Å². The van der Waals surface area contributed by atoms with Gasteiger partial charge in [-0.2, -0.15) is 0 Å². The third-order valence-electron chi connectivity index (χ3n) is 11.3. The lowest BCUT2D eigenvalue weighted by atomic mass is 9.93. The van der Waals surface area contributed by atoms with E-state index >= 15 is 0 Å². The van der Waals surface area contributed by atoms with E-state index in [2.05, 4.69) is 176 Å². The van der Waals surface area contributed by atoms with Crippen LogP contribution in [0.25, 0.3) is 120 Å². The highest BCUT2D eigenvalue weighted by Gasteiger charge is 2.16. The molecule has 0 N–H and O–H groups in total. The van der Waals surface area contributed by atoms with Gasteiger partial charge in [0.1, 0.15) is 0 Å². The molecular formula is C55H35N3S2. The van der Waals surface area contributed by atoms with Gasteiger partial charge in [-0.25, -0.2) is 9.97 Å². The molecule has 60 heavy (non-hydrogen) atoms. The van der Waals surface area contributed by atoms with E-state index in [-0.39, 0.29) is 0 Å². The van der Waals surface area contributed by atoms with Gasteiger partial charge in [0.25, 0.3) is 0 Å². The second kappa shape index (κ2) is 14.8. The average molecular weight is 802 g/mol. The Hall–Kier alpha value is -7.31. The molecule has 0 saturated heterocycles. The van der Waals surface area contributed by atoms with Crippen LogP contribution in [0.5, 0.6) is 0 Å². The minimum atomic E-state index is 0.641. The van der Waals surface area contributed by atoms with E-state index in [1.807, 2.05) is 47.1 Å². The minimum Gasteiger partial charge on any atom is -0.264 e. The molecular weight excluding hydrogens is 767 g/mol. The molecule has 4 heterocycles. The Morgan fingerprint density at radius 2 is 0.900 bits per heavy atom. The molecule has 3 nitrogen and oxygen atoms in total. The molecule has 282 valence electrons. The molecule has 0 atom stereocenters. The molecule has 0 aliphatic heterocycles. The van der Waals surface area contributed by atoms with Crippen LogP contribution in [-0.4, -0.2) is 15.0 Å². The molecule has 11 aromatic rings. The van der Waals surface area contributed by atoms with E-state index in [0.717, 1.165) is 72.6 Å². The Morgan fingerprint density at radius 3 is 1.50 bits per heavy atom. The van der Waals surface area contributed by atoms with E-state index < -0.39 is 0 Å². The number of thiophene rings is 2. The summed E-state index contributed by atoms with van der Waals surface area (Å²) in [4.78, 5) is 14.9. The first-order valence-corrected chi connectivity index (χ1v) is 21.5. The number of hydrogen-bond acceptors (Lipinski definition) is 5. The number of benzene rings is 7. The van der Waals surface area contributed by atoms with Crippen molar-refractivity contribution in [3.8, 4) is 67.3 Å². The fourth-order valence-corrected chi connectivity index (χ4v) is 10.4. The van der Waals surface area contributed by atoms with Crippen LogP contribution in [0.3, 0.4) is 0 Å². The van der Waals surface area contributed by atoms with Gasteiger partial charge in [-0.05, 0) is 117 Å². The van der Waals surface area contributed by atoms with Crippen LogP contribution in [0.15, 0.2) is 189 Å². The molecule has 0 fully saturated rings. The number of hydrogen-bond donors (Lipinski definition) is 0. The third kappa shape index (κ3) is 6.41. The predicted molar refractivity (Wildman–Crippen MR) is 258 cm³/mol. The second-order valence-corrected chi connectivity index (χ2v) is 17.1. The van der Waals surface area contributed by atoms with Crippen molar-refractivity contribution < 1.29 is 0 Å². The number of nitrogens with zero attached hydrogens (tertiary/aromatic N) is 3. The fourth-order valence-electron chi connectivity index (χ4n) is 8.24. The standard InChI is InChI=1S/C55H35N3S2/c1-3-34-15-20-40(26-35(34)4-2)55-57-49(37-18-16-36(17-19-37)41-10-9-25-56-33-41)32-50(58-55)44-28-42(38-21-23-53-47(30-38)45-11-5-7-13-51(45)59-53)27-43(29-44)39-22-24-54-48(31-39)46-12-6-8-14-52(46)60-54/h3-33H,1-2H2. The third-order valence-corrected chi connectivity index (χ3v) is 13.6. The summed E-state index contributed by atoms with van der Waals surface area (Å²) in [5, 5.41) is 5.11. The first-order valence-electron chi connectivity index (χ1n) is 19.9. The highest BCUT2D eigenvalue weighted by molar-refractivity contribution is 7.26. The summed E-state index contributed by atoms with van der Waals surface area (Å²) in [5.41, 5.74) is 13.3. The highest BCUT2D eigenvalue weighted by atomic mass is 32.1. The molecule has 0 radical (unpaired) electrons. The van der Waals surface area contributed by atoms with Gasteiger partial charge in [0.2, 0.25) is 0 Å². The highest BCUT2D eigenvalue weighted by Crippen LogP contribution is 2.41. The molecule has 11 rings (SSSR count). The zero-order valence-electron chi connectivity index (χ0n) is 32.5. The van der Waals surface area contributed by atoms with Crippen LogP contribution in [0.2, 0.25) is 0 Å². The molecule has 0 spiro atoms. The summed E-state index contributed by atoms with van der Waals surface area (Å²) in [7, 11) is 0. The van der Waals surface area contributed by atoms with Crippen LogP contribution in [-0.2, 0) is 0 Å². The Bertz CT molecular complexity index is 3340. The lowest BCUT2D eigenvalue weighted by molar-refractivity contribution is 1.18. The Morgan fingerprint density at radius 1 is 0.367 bits per heavy atom. The largest absolute Gasteiger partial charge is 0.264 e. The molecule has 0 saturated carbocycles. The number of fused-ring (bicyclic) bond motifs is 6. The van der Waals surface area contributed by atoms with Crippen LogP contribution in [0.1, 0.15) is 11.1 Å². The summed E-state index contributed by atoms with van der Waals surface area (Å²) >= 11 is 3.68. The summed E-state index contributed by atoms with van der Waals surface area (Å²) in [6.07, 6.45) is 7.40. The van der Waals surface area contributed by atoms with Gasteiger partial charge >= 0.3 is 0 Å². The van der Waals surface area contributed by atoms with Crippen molar-refractivity contribution >= 4 is 75.2 Å². The molecule has 0 amide bonds. The average Bonchev–Trinajstić information content (AvgIpc) is 3.89. The van der Waals surface area contributed by atoms with Crippen molar-refractivity contribution in [2.24, 2.45) is 0 Å². The van der Waals surface area contributed by atoms with Gasteiger partial charge in [0.15, 0.2) is 5.82 Å². The van der Waals surface area contributed by atoms with Crippen molar-refractivity contribution in [3.63, 3.8) is 0 Å². The summed E-state index contributed by atoms with van der Waals surface area (Å²) in [6, 6.07) is 59.0. The first-order chi connectivity index (χ1) is 29.6. The molecule has 0 aliphatic rings. The molecule has 0 bridgehead atoms. The molecule has 4 aromatic heterocycles. The first kappa shape index (κ1) is 35.8. The Kier molecular flexibility index (Phi) is 8.84. The van der Waals surface area contributed by atoms with Crippen molar-refractivity contribution in [2.75, 3.05) is 0 Å². The van der Waals surface area contributed by atoms with E-state index in [0.29, 0.717) is 5.82 Å². The van der Waals surface area contributed by atoms with Crippen molar-refractivity contribution in [1.82, 2.24) is 15.0 Å². The summed E-state index contributed by atoms with van der Waals surface area (Å²) in [6.45, 7) is 8.11. The number of aromatic nitrogens is 3. The van der Waals surface area contributed by atoms with Gasteiger partial charge in [0.05, 0.1) is 11.4 Å². The van der Waals surface area contributed by atoms with Crippen molar-refractivity contribution in [2.45, 2.75) is 0 Å². The summed E-state index contributed by atoms with van der Waals surface area (Å²) < 4.78 is 5.16. The minimum absolute atomic E-state index is 0.641. The van der Waals surface area contributed by atoms with Crippen LogP contribution < -0.4 is 0 Å². The zero-order valence-corrected chi connectivity index (χ0v) is 34.1. The predicted octanol–water partition coefficient (Wildman–Crippen LogP) is 15.9. The molecule has 0 aliphatic carbocycles. The summed E-state index contributed by atoms with van der Waals surface area (Å²) in [5.74, 6) is 0.641. The maximum absolute atomic E-state index is 5.35. The normalized spacial score (nSPS) is 11.5. The van der Waals surface area contributed by atoms with Crippen molar-refractivity contribution in [1.29, 1.82) is 0 Å². The number of pyridine rings is 1. The molecule has 5 heteroatoms. The lowest BCUT2D eigenvalue weighted by Gasteiger charge is -2.14. The zero-order chi connectivity index (χ0) is 40.2. The topological polar surface area (TPSA) is 38.7 Å². The quantitative estimate of drug-likeness (QED) is 0.154. The van der Waals surface area contributed by atoms with Gasteiger partial charge in [-0.15, -0.1) is 22.7 Å². The van der Waals surface area contributed by atoms with E-state index in [9.17, 15) is 0 Å². The van der Waals surface area contributed by atoms with E-state index in [1.165, 1.54) is 40.3 Å². The SMILES string of the molecule is C=Cc1ccc(-c2nc(-c3ccc(-c4cccnc4)cc3)cc(-c3cc(-c4ccc5sc6ccccc6c5c4)cc(-c4ccc5sc6ccccc6c5c4)c3)n2)cc1C=C. The second-order valence-electron chi connectivity index (χ2n) is 15.0. The maximum Gasteiger partial charge on any atom is 0.160 e. The van der Waals surface area contributed by atoms with Gasteiger partial charge in [-0.3, -0.25) is 4.98 Å². The van der Waals surface area contributed by atoms with Crippen LogP contribution >= 0.6 is 22.7 Å². The smallest absolute Gasteiger partial charge is 0.160 e. The van der Waals surface area contributed by atoms with E-state index in [4.69, 9.17) is 9.97 Å². The lowest BCUT2D eigenvalue weighted by Crippen LogP contribution is -1.97. The van der Waals surface area contributed by atoms with Crippen LogP contribution in [0.4, 0.5) is 0 Å². The van der Waals surface area contributed by atoms with Crippen LogP contribution in [0, 0.1) is 0 Å². The Labute approximate surface area is 356 Å². The molecule has 0 unspecified atom stereocenters. The van der Waals surface area contributed by atoms with Gasteiger partial charge in [-0.1, -0.05) is 116 Å². The maximum atomic E-state index is 5.35. The Balaban J connectivity index is 1.13. The van der Waals surface area contributed by atoms with Gasteiger partial charge in [0, 0.05) is 69.4 Å². The molecule has 7 aromatic carbocycles. The van der Waals surface area contributed by atoms with E-state index in [1.54, 1.807) is 6.20 Å². The van der Waals surface area contributed by atoms with Gasteiger partial charge < -0.3 is 0 Å². The monoisotopic (exact) mass is 801 g/mol. The number of rotatable bonds is 8.